The Morgan fingerprint density at radius 3 is 2.88 bits per heavy atom. The zero-order valence-corrected chi connectivity index (χ0v) is 11.8. The molecule has 0 bridgehead atoms. The minimum absolute atomic E-state index is 0.324. The van der Waals surface area contributed by atoms with Crippen LogP contribution in [0.25, 0.3) is 10.9 Å². The summed E-state index contributed by atoms with van der Waals surface area (Å²) in [5, 5.41) is 1.36. The molecular formula is C12H11BrClNO2. The number of hydrogen-bond acceptors (Lipinski definition) is 2. The Kier molecular flexibility index (Phi) is 3.45. The van der Waals surface area contributed by atoms with Crippen molar-refractivity contribution in [2.45, 2.75) is 13.8 Å². The lowest BCUT2D eigenvalue weighted by Gasteiger charge is -2.02. The van der Waals surface area contributed by atoms with Gasteiger partial charge in [0.1, 0.15) is 0 Å². The number of fused-ring (bicyclic) bond motifs is 1. The third-order valence-electron chi connectivity index (χ3n) is 2.51. The average molecular weight is 317 g/mol. The van der Waals surface area contributed by atoms with Crippen LogP contribution in [-0.2, 0) is 4.74 Å². The van der Waals surface area contributed by atoms with Gasteiger partial charge in [0.15, 0.2) is 0 Å². The quantitative estimate of drug-likeness (QED) is 0.849. The number of esters is 1. The first kappa shape index (κ1) is 12.5. The molecule has 2 rings (SSSR count). The number of rotatable bonds is 2. The molecule has 17 heavy (non-hydrogen) atoms. The standard InChI is InChI=1S/C12H11BrClNO2/c1-3-17-12(16)11-6(2)15-10-5-8(13)9(14)4-7(10)11/h4-5,15H,3H2,1-2H3. The molecule has 0 fully saturated rings. The zero-order chi connectivity index (χ0) is 12.6. The van der Waals surface area contributed by atoms with Gasteiger partial charge in [-0.1, -0.05) is 11.6 Å². The third kappa shape index (κ3) is 2.19. The molecule has 1 aromatic heterocycles. The van der Waals surface area contributed by atoms with Crippen LogP contribution in [0.3, 0.4) is 0 Å². The number of halogens is 2. The molecule has 0 radical (unpaired) electrons. The van der Waals surface area contributed by atoms with E-state index in [4.69, 9.17) is 16.3 Å². The van der Waals surface area contributed by atoms with Crippen LogP contribution in [0.1, 0.15) is 23.0 Å². The van der Waals surface area contributed by atoms with Crippen LogP contribution in [0.4, 0.5) is 0 Å². The molecule has 2 aromatic rings. The van der Waals surface area contributed by atoms with Crippen LogP contribution in [0.15, 0.2) is 16.6 Å². The Morgan fingerprint density at radius 2 is 2.24 bits per heavy atom. The van der Waals surface area contributed by atoms with Crippen molar-refractivity contribution in [1.82, 2.24) is 4.98 Å². The largest absolute Gasteiger partial charge is 0.462 e. The van der Waals surface area contributed by atoms with Gasteiger partial charge in [0.05, 0.1) is 17.2 Å². The molecule has 0 unspecified atom stereocenters. The summed E-state index contributed by atoms with van der Waals surface area (Å²) < 4.78 is 5.83. The number of ether oxygens (including phenoxy) is 1. The number of aryl methyl sites for hydroxylation is 1. The van der Waals surface area contributed by atoms with Crippen LogP contribution in [0, 0.1) is 6.92 Å². The minimum Gasteiger partial charge on any atom is -0.462 e. The van der Waals surface area contributed by atoms with E-state index in [1.807, 2.05) is 13.0 Å². The molecule has 0 amide bonds. The summed E-state index contributed by atoms with van der Waals surface area (Å²) in [5.74, 6) is -0.324. The van der Waals surface area contributed by atoms with Crippen molar-refractivity contribution in [1.29, 1.82) is 0 Å². The molecule has 0 atom stereocenters. The molecule has 0 saturated heterocycles. The highest BCUT2D eigenvalue weighted by Crippen LogP contribution is 2.31. The van der Waals surface area contributed by atoms with Crippen molar-refractivity contribution >= 4 is 44.4 Å². The molecule has 5 heteroatoms. The predicted octanol–water partition coefficient (Wildman–Crippen LogP) is 4.07. The van der Waals surface area contributed by atoms with Crippen LogP contribution >= 0.6 is 27.5 Å². The third-order valence-corrected chi connectivity index (χ3v) is 3.70. The Bertz CT molecular complexity index is 592. The van der Waals surface area contributed by atoms with Gasteiger partial charge in [-0.25, -0.2) is 4.79 Å². The zero-order valence-electron chi connectivity index (χ0n) is 9.43. The summed E-state index contributed by atoms with van der Waals surface area (Å²) >= 11 is 9.39. The average Bonchev–Trinajstić information content (AvgIpc) is 2.55. The van der Waals surface area contributed by atoms with Crippen molar-refractivity contribution in [2.24, 2.45) is 0 Å². The highest BCUT2D eigenvalue weighted by molar-refractivity contribution is 9.10. The molecule has 0 aliphatic rings. The van der Waals surface area contributed by atoms with E-state index in [9.17, 15) is 4.79 Å². The van der Waals surface area contributed by atoms with Gasteiger partial charge >= 0.3 is 5.97 Å². The van der Waals surface area contributed by atoms with Gasteiger partial charge in [0.25, 0.3) is 0 Å². The summed E-state index contributed by atoms with van der Waals surface area (Å²) in [5.41, 5.74) is 2.20. The van der Waals surface area contributed by atoms with E-state index in [-0.39, 0.29) is 5.97 Å². The number of nitrogens with one attached hydrogen (secondary N) is 1. The molecule has 0 aliphatic carbocycles. The molecular weight excluding hydrogens is 305 g/mol. The summed E-state index contributed by atoms with van der Waals surface area (Å²) in [7, 11) is 0. The second kappa shape index (κ2) is 4.70. The number of benzene rings is 1. The highest BCUT2D eigenvalue weighted by Gasteiger charge is 2.18. The SMILES string of the molecule is CCOC(=O)c1c(C)[nH]c2cc(Br)c(Cl)cc12. The monoisotopic (exact) mass is 315 g/mol. The predicted molar refractivity (Wildman–Crippen MR) is 71.7 cm³/mol. The van der Waals surface area contributed by atoms with E-state index < -0.39 is 0 Å². The van der Waals surface area contributed by atoms with E-state index in [0.717, 1.165) is 21.1 Å². The normalized spacial score (nSPS) is 10.8. The number of carbonyl (C=O) groups excluding carboxylic acids is 1. The number of carbonyl (C=O) groups is 1. The summed E-state index contributed by atoms with van der Waals surface area (Å²) in [6.45, 7) is 3.98. The lowest BCUT2D eigenvalue weighted by Crippen LogP contribution is -2.05. The first-order valence-electron chi connectivity index (χ1n) is 5.19. The van der Waals surface area contributed by atoms with Gasteiger partial charge in [-0.15, -0.1) is 0 Å². The molecule has 90 valence electrons. The smallest absolute Gasteiger partial charge is 0.340 e. The minimum atomic E-state index is -0.324. The maximum absolute atomic E-state index is 11.8. The van der Waals surface area contributed by atoms with Crippen molar-refractivity contribution in [2.75, 3.05) is 6.61 Å². The molecule has 1 N–H and O–H groups in total. The second-order valence-electron chi connectivity index (χ2n) is 3.66. The van der Waals surface area contributed by atoms with Gasteiger partial charge < -0.3 is 9.72 Å². The Balaban J connectivity index is 2.66. The van der Waals surface area contributed by atoms with Crippen LogP contribution in [0.5, 0.6) is 0 Å². The first-order valence-corrected chi connectivity index (χ1v) is 6.36. The van der Waals surface area contributed by atoms with Gasteiger partial charge in [-0.3, -0.25) is 0 Å². The first-order chi connectivity index (χ1) is 8.04. The van der Waals surface area contributed by atoms with Crippen molar-refractivity contribution in [3.63, 3.8) is 0 Å². The van der Waals surface area contributed by atoms with Crippen molar-refractivity contribution < 1.29 is 9.53 Å². The molecule has 0 spiro atoms. The van der Waals surface area contributed by atoms with Gasteiger partial charge in [-0.05, 0) is 41.9 Å². The fourth-order valence-corrected chi connectivity index (χ4v) is 2.30. The van der Waals surface area contributed by atoms with Gasteiger partial charge in [0.2, 0.25) is 0 Å². The molecule has 3 nitrogen and oxygen atoms in total. The number of hydrogen-bond donors (Lipinski definition) is 1. The lowest BCUT2D eigenvalue weighted by atomic mass is 10.1. The van der Waals surface area contributed by atoms with Crippen molar-refractivity contribution in [3.05, 3.63) is 32.9 Å². The fourth-order valence-electron chi connectivity index (χ4n) is 1.79. The summed E-state index contributed by atoms with van der Waals surface area (Å²) in [6.07, 6.45) is 0. The molecule has 0 aliphatic heterocycles. The lowest BCUT2D eigenvalue weighted by molar-refractivity contribution is 0.0528. The van der Waals surface area contributed by atoms with E-state index in [1.165, 1.54) is 0 Å². The van der Waals surface area contributed by atoms with E-state index >= 15 is 0 Å². The second-order valence-corrected chi connectivity index (χ2v) is 4.92. The van der Waals surface area contributed by atoms with Crippen LogP contribution < -0.4 is 0 Å². The Morgan fingerprint density at radius 1 is 1.53 bits per heavy atom. The van der Waals surface area contributed by atoms with Gasteiger partial charge in [-0.2, -0.15) is 0 Å². The fraction of sp³-hybridized carbons (Fsp3) is 0.250. The number of aromatic amines is 1. The maximum atomic E-state index is 11.8. The molecule has 0 saturated carbocycles. The number of H-pyrrole nitrogens is 1. The Labute approximate surface area is 112 Å². The van der Waals surface area contributed by atoms with E-state index in [2.05, 4.69) is 20.9 Å². The van der Waals surface area contributed by atoms with Crippen molar-refractivity contribution in [3.8, 4) is 0 Å². The van der Waals surface area contributed by atoms with E-state index in [1.54, 1.807) is 13.0 Å². The summed E-state index contributed by atoms with van der Waals surface area (Å²) in [4.78, 5) is 15.0. The molecule has 1 heterocycles. The van der Waals surface area contributed by atoms with Gasteiger partial charge in [0, 0.05) is 21.1 Å². The Hall–Kier alpha value is -1.000. The highest BCUT2D eigenvalue weighted by atomic mass is 79.9. The summed E-state index contributed by atoms with van der Waals surface area (Å²) in [6, 6.07) is 3.62. The molecule has 1 aromatic carbocycles. The number of aromatic nitrogens is 1. The van der Waals surface area contributed by atoms with Crippen LogP contribution in [-0.4, -0.2) is 17.6 Å². The maximum Gasteiger partial charge on any atom is 0.340 e. The van der Waals surface area contributed by atoms with Crippen LogP contribution in [0.2, 0.25) is 5.02 Å². The topological polar surface area (TPSA) is 42.1 Å². The van der Waals surface area contributed by atoms with E-state index in [0.29, 0.717) is 17.2 Å².